The maximum atomic E-state index is 11.6. The van der Waals surface area contributed by atoms with E-state index in [1.807, 2.05) is 0 Å². The molecule has 0 aromatic rings. The van der Waals surface area contributed by atoms with Crippen LogP contribution in [0.5, 0.6) is 0 Å². The van der Waals surface area contributed by atoms with Crippen molar-refractivity contribution in [1.29, 1.82) is 0 Å². The fourth-order valence-corrected chi connectivity index (χ4v) is 2.06. The molecule has 1 aliphatic rings. The number of hydrogen-bond acceptors (Lipinski definition) is 2. The van der Waals surface area contributed by atoms with Crippen molar-refractivity contribution >= 4 is 35.1 Å². The standard InChI is InChI=1S/C12H17Cl2NO3/c1-2-3-4-5-6-9(11(17)18)15-10(16)8-7-12(8,13)14/h6,8H,2-5,7H2,1H3,(H,15,16)(H,17,18). The van der Waals surface area contributed by atoms with E-state index in [1.165, 1.54) is 6.08 Å². The second-order valence-electron chi connectivity index (χ2n) is 4.43. The molecule has 2 N–H and O–H groups in total. The molecule has 1 amide bonds. The predicted octanol–water partition coefficient (Wildman–Crippen LogP) is 2.85. The first kappa shape index (κ1) is 15.3. The number of amides is 1. The molecule has 18 heavy (non-hydrogen) atoms. The highest BCUT2D eigenvalue weighted by molar-refractivity contribution is 6.52. The lowest BCUT2D eigenvalue weighted by molar-refractivity contribution is -0.134. The van der Waals surface area contributed by atoms with Gasteiger partial charge in [-0.2, -0.15) is 0 Å². The van der Waals surface area contributed by atoms with Gasteiger partial charge in [-0.25, -0.2) is 4.79 Å². The quantitative estimate of drug-likeness (QED) is 0.431. The Hall–Kier alpha value is -0.740. The number of allylic oxidation sites excluding steroid dienone is 1. The second kappa shape index (κ2) is 6.43. The molecule has 1 fully saturated rings. The molecular formula is C12H17Cl2NO3. The van der Waals surface area contributed by atoms with Crippen molar-refractivity contribution in [3.63, 3.8) is 0 Å². The molecule has 0 saturated heterocycles. The molecule has 6 heteroatoms. The highest BCUT2D eigenvalue weighted by Crippen LogP contribution is 2.53. The predicted molar refractivity (Wildman–Crippen MR) is 70.5 cm³/mol. The summed E-state index contributed by atoms with van der Waals surface area (Å²) in [5, 5.41) is 11.3. The van der Waals surface area contributed by atoms with Gasteiger partial charge in [0, 0.05) is 0 Å². The number of carbonyl (C=O) groups is 2. The maximum Gasteiger partial charge on any atom is 0.352 e. The molecule has 1 rings (SSSR count). The number of halogens is 2. The van der Waals surface area contributed by atoms with Crippen LogP contribution in [-0.2, 0) is 9.59 Å². The van der Waals surface area contributed by atoms with Gasteiger partial charge in [0.25, 0.3) is 0 Å². The molecule has 0 bridgehead atoms. The van der Waals surface area contributed by atoms with Gasteiger partial charge in [0.2, 0.25) is 5.91 Å². The smallest absolute Gasteiger partial charge is 0.352 e. The zero-order valence-electron chi connectivity index (χ0n) is 10.2. The summed E-state index contributed by atoms with van der Waals surface area (Å²) in [4.78, 5) is 22.6. The monoisotopic (exact) mass is 293 g/mol. The molecule has 1 aliphatic carbocycles. The third kappa shape index (κ3) is 4.50. The average molecular weight is 294 g/mol. The van der Waals surface area contributed by atoms with Crippen LogP contribution in [0.2, 0.25) is 0 Å². The third-order valence-corrected chi connectivity index (χ3v) is 3.62. The van der Waals surface area contributed by atoms with E-state index >= 15 is 0 Å². The number of rotatable bonds is 7. The molecule has 4 nitrogen and oxygen atoms in total. The van der Waals surface area contributed by atoms with Crippen LogP contribution in [-0.4, -0.2) is 21.3 Å². The zero-order chi connectivity index (χ0) is 13.8. The van der Waals surface area contributed by atoms with Crippen molar-refractivity contribution in [1.82, 2.24) is 5.32 Å². The van der Waals surface area contributed by atoms with Gasteiger partial charge in [-0.1, -0.05) is 25.8 Å². The fraction of sp³-hybridized carbons (Fsp3) is 0.667. The average Bonchev–Trinajstić information content (AvgIpc) is 2.92. The number of carboxylic acids is 1. The van der Waals surface area contributed by atoms with Crippen LogP contribution in [0.25, 0.3) is 0 Å². The summed E-state index contributed by atoms with van der Waals surface area (Å²) >= 11 is 11.5. The first-order valence-corrected chi connectivity index (χ1v) is 6.76. The normalized spacial score (nSPS) is 21.5. The molecule has 0 heterocycles. The molecule has 1 atom stereocenters. The summed E-state index contributed by atoms with van der Waals surface area (Å²) in [5.74, 6) is -2.08. The van der Waals surface area contributed by atoms with Crippen molar-refractivity contribution in [2.45, 2.75) is 43.4 Å². The van der Waals surface area contributed by atoms with Crippen LogP contribution in [0.4, 0.5) is 0 Å². The number of alkyl halides is 2. The van der Waals surface area contributed by atoms with Crippen LogP contribution < -0.4 is 5.32 Å². The molecule has 1 unspecified atom stereocenters. The molecule has 0 aromatic heterocycles. The number of unbranched alkanes of at least 4 members (excludes halogenated alkanes) is 3. The Balaban J connectivity index is 2.48. The highest BCUT2D eigenvalue weighted by atomic mass is 35.5. The molecule has 0 aliphatic heterocycles. The SMILES string of the molecule is CCCCCC=C(NC(=O)C1CC1(Cl)Cl)C(=O)O. The Morgan fingerprint density at radius 2 is 2.06 bits per heavy atom. The number of hydrogen-bond donors (Lipinski definition) is 2. The lowest BCUT2D eigenvalue weighted by Gasteiger charge is -2.06. The van der Waals surface area contributed by atoms with E-state index in [9.17, 15) is 9.59 Å². The third-order valence-electron chi connectivity index (χ3n) is 2.79. The summed E-state index contributed by atoms with van der Waals surface area (Å²) in [7, 11) is 0. The lowest BCUT2D eigenvalue weighted by Crippen LogP contribution is -2.30. The minimum absolute atomic E-state index is 0.0906. The zero-order valence-corrected chi connectivity index (χ0v) is 11.7. The summed E-state index contributed by atoms with van der Waals surface area (Å²) in [6, 6.07) is 0. The van der Waals surface area contributed by atoms with E-state index < -0.39 is 22.1 Å². The van der Waals surface area contributed by atoms with Gasteiger partial charge in [0.05, 0.1) is 5.92 Å². The summed E-state index contributed by atoms with van der Waals surface area (Å²) in [6.07, 6.45) is 5.53. The van der Waals surface area contributed by atoms with E-state index in [0.29, 0.717) is 12.8 Å². The minimum Gasteiger partial charge on any atom is -0.477 e. The maximum absolute atomic E-state index is 11.6. The first-order chi connectivity index (χ1) is 8.38. The molecule has 0 radical (unpaired) electrons. The number of carboxylic acid groups (broad SMARTS) is 1. The molecular weight excluding hydrogens is 277 g/mol. The Morgan fingerprint density at radius 1 is 1.44 bits per heavy atom. The van der Waals surface area contributed by atoms with Crippen molar-refractivity contribution in [2.75, 3.05) is 0 Å². The lowest BCUT2D eigenvalue weighted by atomic mass is 10.2. The first-order valence-electron chi connectivity index (χ1n) is 6.00. The fourth-order valence-electron chi connectivity index (χ4n) is 1.55. The van der Waals surface area contributed by atoms with E-state index in [-0.39, 0.29) is 5.70 Å². The largest absolute Gasteiger partial charge is 0.477 e. The summed E-state index contributed by atoms with van der Waals surface area (Å²) < 4.78 is -1.03. The molecule has 1 saturated carbocycles. The Morgan fingerprint density at radius 3 is 2.50 bits per heavy atom. The molecule has 102 valence electrons. The van der Waals surface area contributed by atoms with Crippen LogP contribution >= 0.6 is 23.2 Å². The molecule has 0 spiro atoms. The van der Waals surface area contributed by atoms with Gasteiger partial charge in [0.15, 0.2) is 0 Å². The van der Waals surface area contributed by atoms with E-state index in [0.717, 1.165) is 19.3 Å². The Labute approximate surface area is 116 Å². The topological polar surface area (TPSA) is 66.4 Å². The minimum atomic E-state index is -1.14. The van der Waals surface area contributed by atoms with E-state index in [2.05, 4.69) is 12.2 Å². The van der Waals surface area contributed by atoms with Gasteiger partial charge in [-0.15, -0.1) is 23.2 Å². The van der Waals surface area contributed by atoms with Crippen LogP contribution in [0.1, 0.15) is 39.0 Å². The number of carbonyl (C=O) groups excluding carboxylic acids is 1. The Bertz CT molecular complexity index is 366. The van der Waals surface area contributed by atoms with Gasteiger partial charge in [0.1, 0.15) is 10.0 Å². The van der Waals surface area contributed by atoms with Gasteiger partial charge in [-0.3, -0.25) is 4.79 Å². The van der Waals surface area contributed by atoms with E-state index in [4.69, 9.17) is 28.3 Å². The van der Waals surface area contributed by atoms with Crippen molar-refractivity contribution in [3.8, 4) is 0 Å². The van der Waals surface area contributed by atoms with Crippen molar-refractivity contribution in [2.24, 2.45) is 5.92 Å². The van der Waals surface area contributed by atoms with Gasteiger partial charge >= 0.3 is 5.97 Å². The Kier molecular flexibility index (Phi) is 5.47. The van der Waals surface area contributed by atoms with Crippen molar-refractivity contribution in [3.05, 3.63) is 11.8 Å². The summed E-state index contributed by atoms with van der Waals surface area (Å²) in [6.45, 7) is 2.07. The molecule has 0 aromatic carbocycles. The van der Waals surface area contributed by atoms with Crippen LogP contribution in [0.15, 0.2) is 11.8 Å². The van der Waals surface area contributed by atoms with Crippen molar-refractivity contribution < 1.29 is 14.7 Å². The number of aliphatic carboxylic acids is 1. The summed E-state index contributed by atoms with van der Waals surface area (Å²) in [5.41, 5.74) is -0.0906. The van der Waals surface area contributed by atoms with Crippen LogP contribution in [0.3, 0.4) is 0 Å². The van der Waals surface area contributed by atoms with Gasteiger partial charge < -0.3 is 10.4 Å². The number of nitrogens with one attached hydrogen (secondary N) is 1. The van der Waals surface area contributed by atoms with Crippen LogP contribution in [0, 0.1) is 5.92 Å². The van der Waals surface area contributed by atoms with Gasteiger partial charge in [-0.05, 0) is 19.3 Å². The highest BCUT2D eigenvalue weighted by Gasteiger charge is 2.56. The second-order valence-corrected chi connectivity index (χ2v) is 5.97. The van der Waals surface area contributed by atoms with E-state index in [1.54, 1.807) is 0 Å².